The Morgan fingerprint density at radius 3 is 1.79 bits per heavy atom. The van der Waals surface area contributed by atoms with Crippen LogP contribution in [0.5, 0.6) is 0 Å². The van der Waals surface area contributed by atoms with Crippen molar-refractivity contribution in [3.63, 3.8) is 0 Å². The molecule has 0 aliphatic rings. The summed E-state index contributed by atoms with van der Waals surface area (Å²) in [4.78, 5) is 0. The third-order valence-electron chi connectivity index (χ3n) is 3.51. The van der Waals surface area contributed by atoms with Gasteiger partial charge in [0.05, 0.1) is 0 Å². The minimum atomic E-state index is 1.08. The molecule has 0 spiro atoms. The number of allylic oxidation sites excluding steroid dienone is 3. The Morgan fingerprint density at radius 2 is 1.21 bits per heavy atom. The van der Waals surface area contributed by atoms with Gasteiger partial charge in [0.2, 0.25) is 0 Å². The van der Waals surface area contributed by atoms with Crippen molar-refractivity contribution in [1.29, 1.82) is 0 Å². The molecule has 0 aromatic heterocycles. The van der Waals surface area contributed by atoms with Crippen molar-refractivity contribution in [2.45, 2.75) is 90.4 Å². The maximum atomic E-state index is 3.56. The zero-order chi connectivity index (χ0) is 14.0. The van der Waals surface area contributed by atoms with Crippen LogP contribution in [0.25, 0.3) is 0 Å². The van der Waals surface area contributed by atoms with Crippen molar-refractivity contribution in [2.24, 2.45) is 0 Å². The van der Waals surface area contributed by atoms with Gasteiger partial charge in [0, 0.05) is 0 Å². The summed E-state index contributed by atoms with van der Waals surface area (Å²) < 4.78 is 0. The molecule has 0 unspecified atom stereocenters. The van der Waals surface area contributed by atoms with Gasteiger partial charge in [0.1, 0.15) is 0 Å². The minimum Gasteiger partial charge on any atom is -0.133 e. The van der Waals surface area contributed by atoms with Gasteiger partial charge >= 0.3 is 0 Å². The third-order valence-corrected chi connectivity index (χ3v) is 3.51. The lowest BCUT2D eigenvalue weighted by Crippen LogP contribution is -1.81. The number of unbranched alkanes of at least 4 members (excludes halogenated alkanes) is 11. The number of hydrogen-bond donors (Lipinski definition) is 0. The van der Waals surface area contributed by atoms with Gasteiger partial charge in [-0.1, -0.05) is 83.4 Å². The van der Waals surface area contributed by atoms with E-state index in [1.165, 1.54) is 70.6 Å². The summed E-state index contributed by atoms with van der Waals surface area (Å²) >= 11 is 0. The molecule has 0 fully saturated rings. The Bertz CT molecular complexity index is 230. The molecule has 0 aliphatic carbocycles. The first-order chi connectivity index (χ1) is 9.41. The van der Waals surface area contributed by atoms with E-state index in [0.29, 0.717) is 0 Å². The summed E-state index contributed by atoms with van der Waals surface area (Å²) in [5.74, 6) is 0. The van der Waals surface area contributed by atoms with Crippen LogP contribution in [0.2, 0.25) is 0 Å². The lowest BCUT2D eigenvalue weighted by molar-refractivity contribution is 0.557. The molecule has 0 nitrogen and oxygen atoms in total. The Morgan fingerprint density at radius 1 is 0.684 bits per heavy atom. The van der Waals surface area contributed by atoms with Crippen LogP contribution < -0.4 is 0 Å². The first-order valence-corrected chi connectivity index (χ1v) is 8.41. The van der Waals surface area contributed by atoms with Crippen molar-refractivity contribution >= 4 is 0 Å². The molecular formula is C19H34. The molecule has 0 aliphatic heterocycles. The fourth-order valence-corrected chi connectivity index (χ4v) is 2.27. The monoisotopic (exact) mass is 262 g/mol. The lowest BCUT2D eigenvalue weighted by Gasteiger charge is -2.01. The third kappa shape index (κ3) is 17.3. The normalized spacial score (nSPS) is 10.8. The summed E-state index contributed by atoms with van der Waals surface area (Å²) in [5, 5.41) is 0. The van der Waals surface area contributed by atoms with Gasteiger partial charge < -0.3 is 0 Å². The van der Waals surface area contributed by atoms with Gasteiger partial charge in [-0.2, -0.15) is 0 Å². The molecule has 0 rings (SSSR count). The Balaban J connectivity index is 3.04. The molecule has 0 aromatic carbocycles. The maximum Gasteiger partial charge on any atom is -0.0240 e. The highest BCUT2D eigenvalue weighted by atomic mass is 14.0. The average Bonchev–Trinajstić information content (AvgIpc) is 2.43. The smallest absolute Gasteiger partial charge is 0.0240 e. The van der Waals surface area contributed by atoms with Gasteiger partial charge in [0.15, 0.2) is 0 Å². The SMILES string of the molecule is C=C=CCC/C=C\CCCCCCCCCCCC. The van der Waals surface area contributed by atoms with Gasteiger partial charge in [-0.05, 0) is 31.8 Å². The molecule has 0 aromatic rings. The molecular weight excluding hydrogens is 228 g/mol. The fraction of sp³-hybridized carbons (Fsp3) is 0.737. The fourth-order valence-electron chi connectivity index (χ4n) is 2.27. The quantitative estimate of drug-likeness (QED) is 0.180. The zero-order valence-corrected chi connectivity index (χ0v) is 13.1. The highest BCUT2D eigenvalue weighted by Gasteiger charge is 1.91. The standard InChI is InChI=1S/C19H34/c1-3-5-7-9-11-13-15-17-19-18-16-14-12-10-8-6-4-2/h5,11,13H,1,4,6-10,12,14-19H2,2H3/b13-11-. The van der Waals surface area contributed by atoms with E-state index in [1.807, 2.05) is 6.08 Å². The first kappa shape index (κ1) is 18.3. The van der Waals surface area contributed by atoms with Gasteiger partial charge in [0.25, 0.3) is 0 Å². The van der Waals surface area contributed by atoms with Crippen LogP contribution in [0.1, 0.15) is 90.4 Å². The predicted octanol–water partition coefficient (Wildman–Crippen LogP) is 6.97. The van der Waals surface area contributed by atoms with Crippen LogP contribution in [0.3, 0.4) is 0 Å². The van der Waals surface area contributed by atoms with Gasteiger partial charge in [-0.3, -0.25) is 0 Å². The van der Waals surface area contributed by atoms with E-state index in [2.05, 4.69) is 31.4 Å². The molecule has 0 saturated carbocycles. The Hall–Kier alpha value is -0.740. The zero-order valence-electron chi connectivity index (χ0n) is 13.1. The molecule has 0 saturated heterocycles. The van der Waals surface area contributed by atoms with Crippen molar-refractivity contribution in [3.8, 4) is 0 Å². The molecule has 110 valence electrons. The number of rotatable bonds is 14. The summed E-state index contributed by atoms with van der Waals surface area (Å²) in [6.07, 6.45) is 24.4. The first-order valence-electron chi connectivity index (χ1n) is 8.41. The lowest BCUT2D eigenvalue weighted by atomic mass is 10.1. The summed E-state index contributed by atoms with van der Waals surface area (Å²) in [7, 11) is 0. The van der Waals surface area contributed by atoms with Crippen LogP contribution in [0.15, 0.2) is 30.5 Å². The molecule has 19 heavy (non-hydrogen) atoms. The van der Waals surface area contributed by atoms with Crippen molar-refractivity contribution in [2.75, 3.05) is 0 Å². The molecule has 0 heterocycles. The largest absolute Gasteiger partial charge is 0.133 e. The predicted molar refractivity (Wildman–Crippen MR) is 88.5 cm³/mol. The van der Waals surface area contributed by atoms with E-state index in [9.17, 15) is 0 Å². The van der Waals surface area contributed by atoms with E-state index < -0.39 is 0 Å². The molecule has 0 amide bonds. The average molecular weight is 262 g/mol. The van der Waals surface area contributed by atoms with E-state index in [4.69, 9.17) is 0 Å². The second-order valence-electron chi connectivity index (χ2n) is 5.43. The summed E-state index contributed by atoms with van der Waals surface area (Å²) in [5.41, 5.74) is 2.81. The van der Waals surface area contributed by atoms with Gasteiger partial charge in [-0.25, -0.2) is 0 Å². The number of hydrogen-bond acceptors (Lipinski definition) is 0. The summed E-state index contributed by atoms with van der Waals surface area (Å²) in [6.45, 7) is 5.84. The Labute approximate surface area is 121 Å². The molecule has 0 radical (unpaired) electrons. The van der Waals surface area contributed by atoms with Crippen LogP contribution in [-0.2, 0) is 0 Å². The van der Waals surface area contributed by atoms with Crippen LogP contribution in [-0.4, -0.2) is 0 Å². The van der Waals surface area contributed by atoms with Crippen molar-refractivity contribution in [3.05, 3.63) is 30.5 Å². The van der Waals surface area contributed by atoms with Crippen LogP contribution in [0.4, 0.5) is 0 Å². The second-order valence-corrected chi connectivity index (χ2v) is 5.43. The van der Waals surface area contributed by atoms with E-state index >= 15 is 0 Å². The van der Waals surface area contributed by atoms with Crippen molar-refractivity contribution < 1.29 is 0 Å². The summed E-state index contributed by atoms with van der Waals surface area (Å²) in [6, 6.07) is 0. The van der Waals surface area contributed by atoms with E-state index in [1.54, 1.807) is 0 Å². The molecule has 0 atom stereocenters. The van der Waals surface area contributed by atoms with Gasteiger partial charge in [-0.15, -0.1) is 5.73 Å². The van der Waals surface area contributed by atoms with E-state index in [0.717, 1.165) is 12.8 Å². The van der Waals surface area contributed by atoms with Crippen molar-refractivity contribution in [1.82, 2.24) is 0 Å². The molecule has 0 bridgehead atoms. The maximum absolute atomic E-state index is 3.56. The highest BCUT2D eigenvalue weighted by Crippen LogP contribution is 2.11. The Kier molecular flexibility index (Phi) is 16.6. The van der Waals surface area contributed by atoms with Crippen LogP contribution >= 0.6 is 0 Å². The van der Waals surface area contributed by atoms with E-state index in [-0.39, 0.29) is 0 Å². The topological polar surface area (TPSA) is 0 Å². The minimum absolute atomic E-state index is 1.08. The molecule has 0 N–H and O–H groups in total. The van der Waals surface area contributed by atoms with Crippen LogP contribution in [0, 0.1) is 0 Å². The highest BCUT2D eigenvalue weighted by molar-refractivity contribution is 4.85. The molecule has 0 heteroatoms. The second kappa shape index (κ2) is 17.3.